The van der Waals surface area contributed by atoms with Crippen molar-refractivity contribution < 1.29 is 31.2 Å². The Morgan fingerprint density at radius 2 is 1.93 bits per heavy atom. The highest BCUT2D eigenvalue weighted by molar-refractivity contribution is 7.91. The lowest BCUT2D eigenvalue weighted by molar-refractivity contribution is -0.124. The molecule has 1 atom stereocenters. The van der Waals surface area contributed by atoms with Gasteiger partial charge in [-0.05, 0) is 24.6 Å². The van der Waals surface area contributed by atoms with Crippen molar-refractivity contribution >= 4 is 43.3 Å². The number of halogens is 1. The highest BCUT2D eigenvalue weighted by Crippen LogP contribution is 2.26. The molecule has 1 aromatic rings. The van der Waals surface area contributed by atoms with E-state index in [1.165, 1.54) is 16.4 Å². The summed E-state index contributed by atoms with van der Waals surface area (Å²) in [6, 6.07) is 3.18. The van der Waals surface area contributed by atoms with E-state index >= 15 is 0 Å². The van der Waals surface area contributed by atoms with Gasteiger partial charge in [0.05, 0.1) is 22.1 Å². The van der Waals surface area contributed by atoms with Crippen molar-refractivity contribution in [2.45, 2.75) is 31.2 Å². The molecule has 12 heteroatoms. The van der Waals surface area contributed by atoms with Crippen molar-refractivity contribution in [3.63, 3.8) is 0 Å². The van der Waals surface area contributed by atoms with Gasteiger partial charge in [-0.3, -0.25) is 4.79 Å². The Morgan fingerprint density at radius 1 is 1.28 bits per heavy atom. The molecule has 0 saturated carbocycles. The van der Waals surface area contributed by atoms with E-state index < -0.39 is 44.4 Å². The summed E-state index contributed by atoms with van der Waals surface area (Å²) >= 11 is 6.02. The van der Waals surface area contributed by atoms with Crippen LogP contribution in [0.5, 0.6) is 0 Å². The van der Waals surface area contributed by atoms with Crippen molar-refractivity contribution in [2.24, 2.45) is 0 Å². The van der Waals surface area contributed by atoms with Gasteiger partial charge in [0.25, 0.3) is 5.91 Å². The maximum Gasteiger partial charge on any atom is 0.338 e. The monoisotopic (exact) mass is 466 g/mol. The maximum atomic E-state index is 12.7. The zero-order valence-corrected chi connectivity index (χ0v) is 18.4. The molecule has 0 radical (unpaired) electrons. The van der Waals surface area contributed by atoms with Gasteiger partial charge in [0.15, 0.2) is 16.4 Å². The summed E-state index contributed by atoms with van der Waals surface area (Å²) in [6.45, 7) is 3.22. The molecule has 0 aliphatic carbocycles. The van der Waals surface area contributed by atoms with Gasteiger partial charge < -0.3 is 10.1 Å². The molecule has 1 aromatic carbocycles. The first-order chi connectivity index (χ1) is 13.5. The van der Waals surface area contributed by atoms with Crippen LogP contribution in [0.3, 0.4) is 0 Å². The van der Waals surface area contributed by atoms with Gasteiger partial charge in [0.2, 0.25) is 10.0 Å². The molecule has 1 saturated heterocycles. The van der Waals surface area contributed by atoms with E-state index in [1.807, 2.05) is 0 Å². The van der Waals surface area contributed by atoms with Crippen LogP contribution in [0.2, 0.25) is 5.02 Å². The maximum absolute atomic E-state index is 12.7. The summed E-state index contributed by atoms with van der Waals surface area (Å²) in [7, 11) is -7.03. The van der Waals surface area contributed by atoms with Crippen LogP contribution in [0, 0.1) is 0 Å². The predicted molar refractivity (Wildman–Crippen MR) is 107 cm³/mol. The number of hydrogen-bond acceptors (Lipinski definition) is 7. The molecular weight excluding hydrogens is 444 g/mol. The van der Waals surface area contributed by atoms with Gasteiger partial charge in [-0.1, -0.05) is 25.4 Å². The standard InChI is InChI=1S/C17H23ClN2O7S2/c1-3-20(4-2)29(25,26)15-9-12(5-6-14(15)18)17(22)27-10-16(21)19-13-7-8-28(23,24)11-13/h5-6,9,13H,3-4,7-8,10-11H2,1-2H3,(H,19,21). The van der Waals surface area contributed by atoms with Gasteiger partial charge in [0, 0.05) is 19.1 Å². The van der Waals surface area contributed by atoms with Crippen LogP contribution in [0.4, 0.5) is 0 Å². The lowest BCUT2D eigenvalue weighted by Gasteiger charge is -2.19. The van der Waals surface area contributed by atoms with E-state index in [1.54, 1.807) is 13.8 Å². The molecule has 2 rings (SSSR count). The Hall–Kier alpha value is -1.69. The third-order valence-corrected chi connectivity index (χ3v) is 8.72. The minimum atomic E-state index is -3.89. The number of sulfonamides is 1. The smallest absolute Gasteiger partial charge is 0.338 e. The van der Waals surface area contributed by atoms with Crippen LogP contribution in [-0.4, -0.2) is 70.3 Å². The van der Waals surface area contributed by atoms with E-state index in [9.17, 15) is 26.4 Å². The Kier molecular flexibility index (Phi) is 7.66. The summed E-state index contributed by atoms with van der Waals surface area (Å²) in [5, 5.41) is 2.46. The Bertz CT molecular complexity index is 989. The SMILES string of the molecule is CCN(CC)S(=O)(=O)c1cc(C(=O)OCC(=O)NC2CCS(=O)(=O)C2)ccc1Cl. The van der Waals surface area contributed by atoms with Crippen molar-refractivity contribution in [3.05, 3.63) is 28.8 Å². The third-order valence-electron chi connectivity index (χ3n) is 4.42. The Labute approximate surface area is 175 Å². The van der Waals surface area contributed by atoms with E-state index in [0.29, 0.717) is 6.42 Å². The van der Waals surface area contributed by atoms with Crippen LogP contribution in [0.25, 0.3) is 0 Å². The molecular formula is C17H23ClN2O7S2. The number of rotatable bonds is 8. The fourth-order valence-electron chi connectivity index (χ4n) is 2.92. The van der Waals surface area contributed by atoms with Gasteiger partial charge in [-0.25, -0.2) is 21.6 Å². The Morgan fingerprint density at radius 3 is 2.48 bits per heavy atom. The number of nitrogens with zero attached hydrogens (tertiary/aromatic N) is 1. The molecule has 1 amide bonds. The summed E-state index contributed by atoms with van der Waals surface area (Å²) in [6.07, 6.45) is 0.311. The molecule has 0 aromatic heterocycles. The lowest BCUT2D eigenvalue weighted by Crippen LogP contribution is -2.38. The van der Waals surface area contributed by atoms with Crippen molar-refractivity contribution in [1.82, 2.24) is 9.62 Å². The summed E-state index contributed by atoms with van der Waals surface area (Å²) in [5.41, 5.74) is -0.0728. The number of carbonyl (C=O) groups is 2. The quantitative estimate of drug-likeness (QED) is 0.562. The molecule has 1 fully saturated rings. The van der Waals surface area contributed by atoms with Crippen LogP contribution >= 0.6 is 11.6 Å². The summed E-state index contributed by atoms with van der Waals surface area (Å²) in [5.74, 6) is -1.67. The van der Waals surface area contributed by atoms with E-state index in [-0.39, 0.29) is 40.1 Å². The van der Waals surface area contributed by atoms with Crippen molar-refractivity contribution in [3.8, 4) is 0 Å². The average molecular weight is 467 g/mol. The molecule has 29 heavy (non-hydrogen) atoms. The van der Waals surface area contributed by atoms with Gasteiger partial charge in [-0.15, -0.1) is 0 Å². The van der Waals surface area contributed by atoms with Crippen LogP contribution in [-0.2, 0) is 29.4 Å². The highest BCUT2D eigenvalue weighted by atomic mass is 35.5. The van der Waals surface area contributed by atoms with E-state index in [4.69, 9.17) is 16.3 Å². The summed E-state index contributed by atoms with van der Waals surface area (Å²) in [4.78, 5) is 23.9. The fraction of sp³-hybridized carbons (Fsp3) is 0.529. The number of amides is 1. The minimum absolute atomic E-state index is 0.00625. The molecule has 1 heterocycles. The van der Waals surface area contributed by atoms with E-state index in [0.717, 1.165) is 6.07 Å². The van der Waals surface area contributed by atoms with Gasteiger partial charge in [0.1, 0.15) is 4.90 Å². The molecule has 1 aliphatic heterocycles. The second-order valence-electron chi connectivity index (χ2n) is 6.48. The molecule has 9 nitrogen and oxygen atoms in total. The molecule has 0 spiro atoms. The van der Waals surface area contributed by atoms with Crippen LogP contribution in [0.1, 0.15) is 30.6 Å². The number of sulfone groups is 1. The molecule has 1 aliphatic rings. The first kappa shape index (κ1) is 23.6. The third kappa shape index (κ3) is 5.91. The molecule has 1 unspecified atom stereocenters. The number of esters is 1. The highest BCUT2D eigenvalue weighted by Gasteiger charge is 2.29. The molecule has 1 N–H and O–H groups in total. The first-order valence-electron chi connectivity index (χ1n) is 8.96. The van der Waals surface area contributed by atoms with E-state index in [2.05, 4.69) is 5.32 Å². The molecule has 0 bridgehead atoms. The zero-order chi connectivity index (χ0) is 21.8. The zero-order valence-electron chi connectivity index (χ0n) is 16.1. The number of hydrogen-bond donors (Lipinski definition) is 1. The normalized spacial score (nSPS) is 18.6. The number of ether oxygens (including phenoxy) is 1. The van der Waals surface area contributed by atoms with Crippen molar-refractivity contribution in [1.29, 1.82) is 0 Å². The minimum Gasteiger partial charge on any atom is -0.452 e. The first-order valence-corrected chi connectivity index (χ1v) is 12.6. The topological polar surface area (TPSA) is 127 Å². The number of nitrogens with one attached hydrogen (secondary N) is 1. The predicted octanol–water partition coefficient (Wildman–Crippen LogP) is 0.831. The van der Waals surface area contributed by atoms with Gasteiger partial charge in [-0.2, -0.15) is 4.31 Å². The molecule has 162 valence electrons. The van der Waals surface area contributed by atoms with Crippen LogP contribution < -0.4 is 5.32 Å². The number of carbonyl (C=O) groups excluding carboxylic acids is 2. The number of benzene rings is 1. The van der Waals surface area contributed by atoms with Crippen LogP contribution in [0.15, 0.2) is 23.1 Å². The second kappa shape index (κ2) is 9.41. The Balaban J connectivity index is 2.05. The summed E-state index contributed by atoms with van der Waals surface area (Å²) < 4.78 is 54.3. The largest absolute Gasteiger partial charge is 0.452 e. The van der Waals surface area contributed by atoms with Crippen molar-refractivity contribution in [2.75, 3.05) is 31.2 Å². The second-order valence-corrected chi connectivity index (χ2v) is 11.0. The lowest BCUT2D eigenvalue weighted by atomic mass is 10.2. The average Bonchev–Trinajstić information content (AvgIpc) is 2.99. The van der Waals surface area contributed by atoms with Gasteiger partial charge >= 0.3 is 5.97 Å². The fourth-order valence-corrected chi connectivity index (χ4v) is 6.55.